The van der Waals surface area contributed by atoms with E-state index in [-0.39, 0.29) is 21.5 Å². The molecule has 8 heteroatoms. The van der Waals surface area contributed by atoms with Crippen LogP contribution >= 0.6 is 23.2 Å². The number of amides is 1. The van der Waals surface area contributed by atoms with Gasteiger partial charge in [-0.05, 0) is 31.2 Å². The molecule has 0 radical (unpaired) electrons. The zero-order chi connectivity index (χ0) is 20.5. The number of ketones is 1. The molecule has 1 amide bonds. The molecular weight excluding hydrogens is 405 g/mol. The zero-order valence-electron chi connectivity index (χ0n) is 14.9. The van der Waals surface area contributed by atoms with E-state index in [4.69, 9.17) is 32.7 Å². The minimum absolute atomic E-state index is 0.196. The molecule has 28 heavy (non-hydrogen) atoms. The number of ether oxygens (including phenoxy) is 2. The van der Waals surface area contributed by atoms with E-state index in [1.54, 1.807) is 48.5 Å². The van der Waals surface area contributed by atoms with Crippen molar-refractivity contribution in [3.8, 4) is 0 Å². The first kappa shape index (κ1) is 19.9. The van der Waals surface area contributed by atoms with Crippen LogP contribution in [0.5, 0.6) is 0 Å². The van der Waals surface area contributed by atoms with Crippen molar-refractivity contribution < 1.29 is 23.9 Å². The monoisotopic (exact) mass is 419 g/mol. The summed E-state index contributed by atoms with van der Waals surface area (Å²) in [5.41, 5.74) is -1.14. The van der Waals surface area contributed by atoms with Gasteiger partial charge in [0.05, 0.1) is 0 Å². The van der Waals surface area contributed by atoms with Crippen molar-refractivity contribution in [2.24, 2.45) is 0 Å². The van der Waals surface area contributed by atoms with Crippen molar-refractivity contribution in [2.45, 2.75) is 19.4 Å². The minimum Gasteiger partial charge on any atom is -0.456 e. The van der Waals surface area contributed by atoms with E-state index in [9.17, 15) is 14.4 Å². The summed E-state index contributed by atoms with van der Waals surface area (Å²) in [6.07, 6.45) is 0. The molecule has 1 heterocycles. The molecule has 0 spiro atoms. The molecule has 144 valence electrons. The Morgan fingerprint density at radius 2 is 1.64 bits per heavy atom. The van der Waals surface area contributed by atoms with Gasteiger partial charge in [0.25, 0.3) is 11.7 Å². The topological polar surface area (TPSA) is 81.7 Å². The molecule has 0 aliphatic carbocycles. The second kappa shape index (κ2) is 7.66. The quantitative estimate of drug-likeness (QED) is 0.758. The number of benzene rings is 2. The van der Waals surface area contributed by atoms with Crippen LogP contribution < -0.4 is 5.32 Å². The lowest BCUT2D eigenvalue weighted by Crippen LogP contribution is -2.33. The predicted octanol–water partition coefficient (Wildman–Crippen LogP) is 3.97. The van der Waals surface area contributed by atoms with Crippen LogP contribution in [0.3, 0.4) is 0 Å². The van der Waals surface area contributed by atoms with E-state index in [0.717, 1.165) is 6.92 Å². The Labute approximate surface area is 171 Å². The summed E-state index contributed by atoms with van der Waals surface area (Å²) in [6, 6.07) is 13.0. The van der Waals surface area contributed by atoms with Gasteiger partial charge in [0.15, 0.2) is 0 Å². The summed E-state index contributed by atoms with van der Waals surface area (Å²) in [6.45, 7) is 2.57. The van der Waals surface area contributed by atoms with E-state index in [1.807, 2.05) is 0 Å². The van der Waals surface area contributed by atoms with Crippen molar-refractivity contribution in [1.29, 1.82) is 0 Å². The van der Waals surface area contributed by atoms with Crippen LogP contribution in [-0.2, 0) is 24.7 Å². The van der Waals surface area contributed by atoms with Crippen molar-refractivity contribution in [3.05, 3.63) is 81.3 Å². The lowest BCUT2D eigenvalue weighted by Gasteiger charge is -2.25. The fraction of sp³-hybridized carbons (Fsp3) is 0.150. The molecule has 1 atom stereocenters. The van der Waals surface area contributed by atoms with Crippen molar-refractivity contribution >= 4 is 40.9 Å². The SMILES string of the molecule is CC(=O)OC1=C(NC(=O)c2ccccc2)OC(C)(c2c(Cl)cccc2Cl)C1=O. The number of carbonyl (C=O) groups is 3. The average Bonchev–Trinajstić information content (AvgIpc) is 2.87. The first-order valence-corrected chi connectivity index (χ1v) is 8.97. The Balaban J connectivity index is 2.01. The third kappa shape index (κ3) is 3.61. The summed E-state index contributed by atoms with van der Waals surface area (Å²) in [4.78, 5) is 37.1. The number of carbonyl (C=O) groups excluding carboxylic acids is 3. The summed E-state index contributed by atoms with van der Waals surface area (Å²) >= 11 is 12.5. The molecule has 3 rings (SSSR count). The highest BCUT2D eigenvalue weighted by Gasteiger charge is 2.51. The predicted molar refractivity (Wildman–Crippen MR) is 103 cm³/mol. The maximum absolute atomic E-state index is 13.1. The van der Waals surface area contributed by atoms with E-state index in [0.29, 0.717) is 5.56 Å². The van der Waals surface area contributed by atoms with Crippen LogP contribution in [0, 0.1) is 0 Å². The van der Waals surface area contributed by atoms with Gasteiger partial charge in [0.1, 0.15) is 0 Å². The summed E-state index contributed by atoms with van der Waals surface area (Å²) in [7, 11) is 0. The molecule has 1 aliphatic heterocycles. The average molecular weight is 420 g/mol. The Morgan fingerprint density at radius 3 is 2.21 bits per heavy atom. The normalized spacial score (nSPS) is 18.6. The number of nitrogens with one attached hydrogen (secondary N) is 1. The van der Waals surface area contributed by atoms with Crippen LogP contribution in [0.1, 0.15) is 29.8 Å². The molecule has 1 unspecified atom stereocenters. The van der Waals surface area contributed by atoms with Crippen LogP contribution in [0.4, 0.5) is 0 Å². The van der Waals surface area contributed by atoms with Gasteiger partial charge >= 0.3 is 5.97 Å². The second-order valence-electron chi connectivity index (χ2n) is 6.13. The van der Waals surface area contributed by atoms with E-state index >= 15 is 0 Å². The van der Waals surface area contributed by atoms with Gasteiger partial charge in [-0.2, -0.15) is 0 Å². The molecule has 0 fully saturated rings. The van der Waals surface area contributed by atoms with E-state index in [2.05, 4.69) is 5.32 Å². The zero-order valence-corrected chi connectivity index (χ0v) is 16.4. The van der Waals surface area contributed by atoms with Crippen LogP contribution in [0.15, 0.2) is 60.2 Å². The van der Waals surface area contributed by atoms with Gasteiger partial charge in [0.2, 0.25) is 17.2 Å². The summed E-state index contributed by atoms with van der Waals surface area (Å²) in [5, 5.41) is 2.87. The van der Waals surface area contributed by atoms with E-state index in [1.165, 1.54) is 6.92 Å². The van der Waals surface area contributed by atoms with E-state index < -0.39 is 29.0 Å². The number of Topliss-reactive ketones (excluding diaryl/α,β-unsaturated/α-hetero) is 1. The molecule has 0 saturated heterocycles. The number of rotatable bonds is 4. The van der Waals surface area contributed by atoms with Crippen molar-refractivity contribution in [2.75, 3.05) is 0 Å². The van der Waals surface area contributed by atoms with Crippen LogP contribution in [-0.4, -0.2) is 17.7 Å². The van der Waals surface area contributed by atoms with Crippen molar-refractivity contribution in [3.63, 3.8) is 0 Å². The van der Waals surface area contributed by atoms with Crippen LogP contribution in [0.2, 0.25) is 10.0 Å². The maximum atomic E-state index is 13.1. The lowest BCUT2D eigenvalue weighted by atomic mass is 9.91. The molecule has 2 aromatic rings. The Morgan fingerprint density at radius 1 is 1.04 bits per heavy atom. The Hall–Kier alpha value is -2.83. The Bertz CT molecular complexity index is 983. The molecule has 6 nitrogen and oxygen atoms in total. The second-order valence-corrected chi connectivity index (χ2v) is 6.95. The highest BCUT2D eigenvalue weighted by atomic mass is 35.5. The van der Waals surface area contributed by atoms with Gasteiger partial charge in [-0.25, -0.2) is 0 Å². The maximum Gasteiger partial charge on any atom is 0.308 e. The largest absolute Gasteiger partial charge is 0.456 e. The lowest BCUT2D eigenvalue weighted by molar-refractivity contribution is -0.142. The van der Waals surface area contributed by atoms with Crippen LogP contribution in [0.25, 0.3) is 0 Å². The van der Waals surface area contributed by atoms with Gasteiger partial charge in [0, 0.05) is 28.1 Å². The first-order valence-electron chi connectivity index (χ1n) is 8.21. The third-order valence-electron chi connectivity index (χ3n) is 4.10. The number of hydrogen-bond donors (Lipinski definition) is 1. The molecule has 0 aromatic heterocycles. The van der Waals surface area contributed by atoms with Gasteiger partial charge < -0.3 is 9.47 Å². The summed E-state index contributed by atoms with van der Waals surface area (Å²) in [5.74, 6) is -2.68. The molecule has 0 saturated carbocycles. The number of esters is 1. The molecule has 2 aromatic carbocycles. The third-order valence-corrected chi connectivity index (χ3v) is 4.73. The Kier molecular flexibility index (Phi) is 5.45. The highest BCUT2D eigenvalue weighted by molar-refractivity contribution is 6.36. The molecule has 1 aliphatic rings. The fourth-order valence-corrected chi connectivity index (χ4v) is 3.58. The van der Waals surface area contributed by atoms with Gasteiger partial charge in [-0.15, -0.1) is 0 Å². The first-order chi connectivity index (χ1) is 13.2. The number of halogens is 2. The molecular formula is C20H15Cl2NO5. The van der Waals surface area contributed by atoms with Gasteiger partial charge in [-0.1, -0.05) is 47.5 Å². The standard InChI is InChI=1S/C20H15Cl2NO5/c1-11(24)27-16-17(25)20(2,15-13(21)9-6-10-14(15)22)28-19(16)23-18(26)12-7-4-3-5-8-12/h3-10H,1-2H3,(H,23,26). The summed E-state index contributed by atoms with van der Waals surface area (Å²) < 4.78 is 10.8. The van der Waals surface area contributed by atoms with Gasteiger partial charge in [-0.3, -0.25) is 19.7 Å². The highest BCUT2D eigenvalue weighted by Crippen LogP contribution is 2.44. The minimum atomic E-state index is -1.68. The number of hydrogen-bond acceptors (Lipinski definition) is 5. The fourth-order valence-electron chi connectivity index (χ4n) is 2.82. The smallest absolute Gasteiger partial charge is 0.308 e. The van der Waals surface area contributed by atoms with Crippen molar-refractivity contribution in [1.82, 2.24) is 5.32 Å². The molecule has 1 N–H and O–H groups in total. The molecule has 0 bridgehead atoms.